The van der Waals surface area contributed by atoms with Gasteiger partial charge in [0.1, 0.15) is 35.8 Å². The second-order valence-corrected chi connectivity index (χ2v) is 10.3. The maximum absolute atomic E-state index is 13.8. The third-order valence-electron chi connectivity index (χ3n) is 5.86. The summed E-state index contributed by atoms with van der Waals surface area (Å²) in [5, 5.41) is 27.5. The first kappa shape index (κ1) is 30.1. The number of nitriles is 1. The Balaban J connectivity index is 1.87. The van der Waals surface area contributed by atoms with E-state index in [9.17, 15) is 24.5 Å². The molecule has 5 unspecified atom stereocenters. The van der Waals surface area contributed by atoms with E-state index in [1.807, 2.05) is 0 Å². The maximum atomic E-state index is 13.8. The number of esters is 2. The molecule has 0 aromatic carbocycles. The summed E-state index contributed by atoms with van der Waals surface area (Å²) in [6.07, 6.45) is -1.22. The number of hydrogen-bond donors (Lipinski definition) is 3. The number of hydrogen-bond acceptors (Lipinski definition) is 12. The van der Waals surface area contributed by atoms with Crippen LogP contribution in [-0.2, 0) is 38.5 Å². The number of nitrogens with zero attached hydrogens (tertiary/aromatic N) is 5. The number of ether oxygens (including phenoxy) is 3. The molecule has 3 heterocycles. The Hall–Kier alpha value is -3.41. The average Bonchev–Trinajstić information content (AvgIpc) is 3.49. The molecule has 1 aliphatic heterocycles. The van der Waals surface area contributed by atoms with E-state index in [2.05, 4.69) is 26.0 Å². The van der Waals surface area contributed by atoms with Crippen molar-refractivity contribution in [1.29, 1.82) is 5.26 Å². The Morgan fingerprint density at radius 3 is 2.74 bits per heavy atom. The SMILES string of the molecule is CCOC(=O)C(CC)=NP(=O)(NC(C)C(=O)OCC)OCC1OC(C#N)(c2ccc3c(N)ncnn23)CC1O. The van der Waals surface area contributed by atoms with E-state index in [4.69, 9.17) is 24.5 Å². The fourth-order valence-corrected chi connectivity index (χ4v) is 5.65. The minimum atomic E-state index is -4.32. The number of fused-ring (bicyclic) bond motifs is 1. The van der Waals surface area contributed by atoms with Gasteiger partial charge in [0.05, 0.1) is 31.6 Å². The van der Waals surface area contributed by atoms with Crippen molar-refractivity contribution < 1.29 is 38.0 Å². The van der Waals surface area contributed by atoms with Crippen LogP contribution in [0, 0.1) is 11.3 Å². The lowest BCUT2D eigenvalue weighted by atomic mass is 9.96. The summed E-state index contributed by atoms with van der Waals surface area (Å²) in [5.41, 5.74) is 4.83. The minimum absolute atomic E-state index is 0.0635. The summed E-state index contributed by atoms with van der Waals surface area (Å²) in [6, 6.07) is 4.17. The molecule has 1 fully saturated rings. The van der Waals surface area contributed by atoms with Crippen LogP contribution in [0.4, 0.5) is 5.82 Å². The molecule has 39 heavy (non-hydrogen) atoms. The molecular formula is C23H32N7O8P. The number of anilines is 1. The number of nitrogens with one attached hydrogen (secondary N) is 1. The molecule has 4 N–H and O–H groups in total. The van der Waals surface area contributed by atoms with Crippen LogP contribution in [0.25, 0.3) is 5.52 Å². The van der Waals surface area contributed by atoms with Gasteiger partial charge in [-0.1, -0.05) is 6.92 Å². The number of carbonyl (C=O) groups excluding carboxylic acids is 2. The third-order valence-corrected chi connectivity index (χ3v) is 7.58. The van der Waals surface area contributed by atoms with Gasteiger partial charge in [0, 0.05) is 6.42 Å². The van der Waals surface area contributed by atoms with Crippen LogP contribution in [0.3, 0.4) is 0 Å². The van der Waals surface area contributed by atoms with Gasteiger partial charge in [0.15, 0.2) is 11.4 Å². The third kappa shape index (κ3) is 6.60. The smallest absolute Gasteiger partial charge is 0.388 e. The number of nitrogen functional groups attached to an aromatic ring is 1. The molecule has 0 radical (unpaired) electrons. The normalized spacial score (nSPS) is 23.6. The molecule has 0 amide bonds. The summed E-state index contributed by atoms with van der Waals surface area (Å²) in [6.45, 7) is 5.88. The van der Waals surface area contributed by atoms with Crippen LogP contribution in [0.1, 0.15) is 46.2 Å². The zero-order valence-corrected chi connectivity index (χ0v) is 23.0. The highest BCUT2D eigenvalue weighted by molar-refractivity contribution is 7.55. The van der Waals surface area contributed by atoms with Gasteiger partial charge in [0.2, 0.25) is 0 Å². The summed E-state index contributed by atoms with van der Waals surface area (Å²) < 4.78 is 40.6. The molecule has 212 valence electrons. The summed E-state index contributed by atoms with van der Waals surface area (Å²) >= 11 is 0. The van der Waals surface area contributed by atoms with Crippen molar-refractivity contribution in [3.05, 3.63) is 24.2 Å². The molecular weight excluding hydrogens is 533 g/mol. The standard InChI is InChI=1S/C23H32N7O8P/c1-5-15(22(33)36-7-3)29-39(34,28-14(4)21(32)35-6-2)37-11-18-17(31)10-23(12-24,38-18)19-9-8-16-20(25)26-13-27-30(16)19/h8-9,13-14,17-18,31H,5-7,10-11H2,1-4H3,(H,28,34)(H2,25,26,27). The van der Waals surface area contributed by atoms with E-state index in [1.54, 1.807) is 32.9 Å². The van der Waals surface area contributed by atoms with E-state index in [1.165, 1.54) is 17.8 Å². The van der Waals surface area contributed by atoms with Gasteiger partial charge >= 0.3 is 19.6 Å². The zero-order valence-electron chi connectivity index (χ0n) is 22.1. The van der Waals surface area contributed by atoms with Gasteiger partial charge in [-0.15, -0.1) is 0 Å². The van der Waals surface area contributed by atoms with Crippen molar-refractivity contribution in [1.82, 2.24) is 19.7 Å². The Bertz CT molecular complexity index is 1330. The first-order valence-corrected chi connectivity index (χ1v) is 13.9. The molecule has 5 atom stereocenters. The number of rotatable bonds is 12. The number of aliphatic hydroxyl groups excluding tert-OH is 1. The van der Waals surface area contributed by atoms with Crippen molar-refractivity contribution in [3.63, 3.8) is 0 Å². The molecule has 0 saturated carbocycles. The van der Waals surface area contributed by atoms with Gasteiger partial charge in [-0.2, -0.15) is 15.1 Å². The second-order valence-electron chi connectivity index (χ2n) is 8.57. The molecule has 1 saturated heterocycles. The van der Waals surface area contributed by atoms with Gasteiger partial charge in [0.25, 0.3) is 0 Å². The van der Waals surface area contributed by atoms with Gasteiger partial charge in [-0.25, -0.2) is 23.9 Å². The molecule has 0 spiro atoms. The lowest BCUT2D eigenvalue weighted by Gasteiger charge is -2.24. The van der Waals surface area contributed by atoms with Gasteiger partial charge in [-0.3, -0.25) is 9.32 Å². The van der Waals surface area contributed by atoms with Crippen LogP contribution in [0.2, 0.25) is 0 Å². The molecule has 3 rings (SSSR count). The highest BCUT2D eigenvalue weighted by Crippen LogP contribution is 2.47. The Morgan fingerprint density at radius 1 is 1.38 bits per heavy atom. The number of aliphatic hydroxyl groups is 1. The fourth-order valence-electron chi connectivity index (χ4n) is 3.97. The van der Waals surface area contributed by atoms with Crippen LogP contribution >= 0.6 is 7.67 Å². The Morgan fingerprint density at radius 2 is 2.10 bits per heavy atom. The predicted molar refractivity (Wildman–Crippen MR) is 137 cm³/mol. The van der Waals surface area contributed by atoms with E-state index in [0.29, 0.717) is 11.2 Å². The summed E-state index contributed by atoms with van der Waals surface area (Å²) in [5.74, 6) is -1.32. The van der Waals surface area contributed by atoms with Gasteiger partial charge in [-0.05, 0) is 39.3 Å². The molecule has 16 heteroatoms. The average molecular weight is 566 g/mol. The van der Waals surface area contributed by atoms with Crippen LogP contribution in [0.15, 0.2) is 23.2 Å². The highest BCUT2D eigenvalue weighted by Gasteiger charge is 2.50. The van der Waals surface area contributed by atoms with Crippen molar-refractivity contribution >= 4 is 36.7 Å². The van der Waals surface area contributed by atoms with Crippen molar-refractivity contribution in [2.24, 2.45) is 4.76 Å². The van der Waals surface area contributed by atoms with E-state index >= 15 is 0 Å². The van der Waals surface area contributed by atoms with E-state index in [-0.39, 0.29) is 37.6 Å². The lowest BCUT2D eigenvalue weighted by Crippen LogP contribution is -2.35. The summed E-state index contributed by atoms with van der Waals surface area (Å²) in [7, 11) is -4.32. The number of carbonyl (C=O) groups is 2. The largest absolute Gasteiger partial charge is 0.465 e. The Kier molecular flexibility index (Phi) is 9.76. The topological polar surface area (TPSA) is 213 Å². The summed E-state index contributed by atoms with van der Waals surface area (Å²) in [4.78, 5) is 28.4. The first-order valence-electron chi connectivity index (χ1n) is 12.3. The molecule has 1 aliphatic rings. The maximum Gasteiger partial charge on any atom is 0.388 e. The highest BCUT2D eigenvalue weighted by atomic mass is 31.2. The van der Waals surface area contributed by atoms with Gasteiger partial charge < -0.3 is 25.1 Å². The van der Waals surface area contributed by atoms with Crippen molar-refractivity contribution in [2.45, 2.75) is 64.4 Å². The molecule has 0 bridgehead atoms. The molecule has 2 aromatic rings. The molecule has 15 nitrogen and oxygen atoms in total. The van der Waals surface area contributed by atoms with Crippen molar-refractivity contribution in [2.75, 3.05) is 25.6 Å². The fraction of sp³-hybridized carbons (Fsp3) is 0.565. The second kappa shape index (κ2) is 12.6. The first-order chi connectivity index (χ1) is 18.5. The lowest BCUT2D eigenvalue weighted by molar-refractivity contribution is -0.144. The zero-order chi connectivity index (χ0) is 28.8. The molecule has 0 aliphatic carbocycles. The quantitative estimate of drug-likeness (QED) is 0.188. The van der Waals surface area contributed by atoms with E-state index in [0.717, 1.165) is 0 Å². The monoisotopic (exact) mass is 565 g/mol. The number of aromatic nitrogens is 3. The number of nitrogens with two attached hydrogens (primary N) is 1. The molecule has 2 aromatic heterocycles. The van der Waals surface area contributed by atoms with Crippen LogP contribution in [-0.4, -0.2) is 75.4 Å². The van der Waals surface area contributed by atoms with Crippen LogP contribution in [0.5, 0.6) is 0 Å². The minimum Gasteiger partial charge on any atom is -0.465 e. The predicted octanol–water partition coefficient (Wildman–Crippen LogP) is 1.26. The Labute approximate surface area is 224 Å². The van der Waals surface area contributed by atoms with Crippen molar-refractivity contribution in [3.8, 4) is 6.07 Å². The van der Waals surface area contributed by atoms with Crippen LogP contribution < -0.4 is 10.8 Å². The van der Waals surface area contributed by atoms with E-state index < -0.39 is 50.1 Å².